The minimum atomic E-state index is 0.814. The van der Waals surface area contributed by atoms with Crippen LogP contribution in [0.3, 0.4) is 0 Å². The number of fused-ring (bicyclic) bond motifs is 1. The first kappa shape index (κ1) is 24.6. The normalized spacial score (nSPS) is 11.0. The van der Waals surface area contributed by atoms with Gasteiger partial charge in [0.05, 0.1) is 28.3 Å². The van der Waals surface area contributed by atoms with Gasteiger partial charge in [0.2, 0.25) is 0 Å². The van der Waals surface area contributed by atoms with Gasteiger partial charge < -0.3 is 15.1 Å². The number of nitrogens with one attached hydrogen (secondary N) is 1. The molecule has 4 aromatic rings. The molecule has 0 saturated carbocycles. The lowest BCUT2D eigenvalue weighted by Gasteiger charge is -2.28. The molecule has 1 N–H and O–H groups in total. The van der Waals surface area contributed by atoms with Gasteiger partial charge in [-0.25, -0.2) is 0 Å². The second-order valence-corrected chi connectivity index (χ2v) is 8.91. The summed E-state index contributed by atoms with van der Waals surface area (Å²) in [5.41, 5.74) is 9.38. The van der Waals surface area contributed by atoms with E-state index >= 15 is 0 Å². The summed E-state index contributed by atoms with van der Waals surface area (Å²) < 4.78 is 0. The van der Waals surface area contributed by atoms with E-state index in [-0.39, 0.29) is 0 Å². The SMILES string of the molecule is CCN(CC)c1ccc(N(CC)CC)c(Nc2c(C)c(Cc3ccccc3)nc3ccccc23)c1. The summed E-state index contributed by atoms with van der Waals surface area (Å²) in [6.07, 6.45) is 0.814. The number of nitrogens with zero attached hydrogens (tertiary/aromatic N) is 3. The molecule has 0 aliphatic heterocycles. The Morgan fingerprint density at radius 2 is 1.40 bits per heavy atom. The van der Waals surface area contributed by atoms with E-state index in [0.29, 0.717) is 0 Å². The van der Waals surface area contributed by atoms with Crippen molar-refractivity contribution < 1.29 is 0 Å². The Hall–Kier alpha value is -3.53. The van der Waals surface area contributed by atoms with E-state index in [1.807, 2.05) is 0 Å². The smallest absolute Gasteiger partial charge is 0.0726 e. The largest absolute Gasteiger partial charge is 0.372 e. The van der Waals surface area contributed by atoms with Crippen molar-refractivity contribution in [1.29, 1.82) is 0 Å². The lowest BCUT2D eigenvalue weighted by Crippen LogP contribution is -2.24. The molecule has 0 fully saturated rings. The van der Waals surface area contributed by atoms with Gasteiger partial charge in [-0.2, -0.15) is 0 Å². The van der Waals surface area contributed by atoms with Crippen LogP contribution in [-0.4, -0.2) is 31.2 Å². The van der Waals surface area contributed by atoms with Crippen LogP contribution in [0.4, 0.5) is 22.7 Å². The zero-order valence-electron chi connectivity index (χ0n) is 21.8. The fourth-order valence-corrected chi connectivity index (χ4v) is 4.86. The minimum Gasteiger partial charge on any atom is -0.372 e. The van der Waals surface area contributed by atoms with E-state index in [1.165, 1.54) is 22.5 Å². The predicted octanol–water partition coefficient (Wildman–Crippen LogP) is 7.57. The molecule has 0 radical (unpaired) electrons. The number of hydrogen-bond donors (Lipinski definition) is 1. The fraction of sp³-hybridized carbons (Fsp3) is 0.323. The second-order valence-electron chi connectivity index (χ2n) is 8.91. The van der Waals surface area contributed by atoms with Crippen LogP contribution in [0.1, 0.15) is 44.5 Å². The van der Waals surface area contributed by atoms with Gasteiger partial charge in [-0.3, -0.25) is 4.98 Å². The second kappa shape index (κ2) is 11.3. The Bertz CT molecular complexity index is 1260. The van der Waals surface area contributed by atoms with Crippen LogP contribution in [0.15, 0.2) is 72.8 Å². The molecular weight excluding hydrogens is 428 g/mol. The van der Waals surface area contributed by atoms with Crippen molar-refractivity contribution in [2.75, 3.05) is 41.3 Å². The van der Waals surface area contributed by atoms with Crippen LogP contribution in [-0.2, 0) is 6.42 Å². The summed E-state index contributed by atoms with van der Waals surface area (Å²) in [7, 11) is 0. The van der Waals surface area contributed by atoms with E-state index in [1.54, 1.807) is 0 Å². The van der Waals surface area contributed by atoms with E-state index < -0.39 is 0 Å². The highest BCUT2D eigenvalue weighted by Crippen LogP contribution is 2.37. The molecule has 3 aromatic carbocycles. The molecule has 0 aliphatic rings. The zero-order valence-corrected chi connectivity index (χ0v) is 21.8. The van der Waals surface area contributed by atoms with Crippen LogP contribution in [0.25, 0.3) is 10.9 Å². The average molecular weight is 467 g/mol. The molecule has 0 aliphatic carbocycles. The van der Waals surface area contributed by atoms with Gasteiger partial charge in [0.15, 0.2) is 0 Å². The Morgan fingerprint density at radius 1 is 0.743 bits per heavy atom. The first-order valence-corrected chi connectivity index (χ1v) is 12.9. The molecule has 4 rings (SSSR count). The molecule has 0 saturated heterocycles. The summed E-state index contributed by atoms with van der Waals surface area (Å²) in [6.45, 7) is 15.0. The number of pyridine rings is 1. The Kier molecular flexibility index (Phi) is 7.91. The van der Waals surface area contributed by atoms with Crippen LogP contribution in [0.2, 0.25) is 0 Å². The van der Waals surface area contributed by atoms with Gasteiger partial charge in [0.25, 0.3) is 0 Å². The average Bonchev–Trinajstić information content (AvgIpc) is 2.89. The molecule has 0 amide bonds. The van der Waals surface area contributed by atoms with Crippen molar-refractivity contribution in [2.24, 2.45) is 0 Å². The number of aromatic nitrogens is 1. The van der Waals surface area contributed by atoms with Gasteiger partial charge in [-0.15, -0.1) is 0 Å². The maximum absolute atomic E-state index is 5.08. The zero-order chi connectivity index (χ0) is 24.8. The van der Waals surface area contributed by atoms with Crippen molar-refractivity contribution in [3.63, 3.8) is 0 Å². The highest BCUT2D eigenvalue weighted by Gasteiger charge is 2.17. The molecule has 35 heavy (non-hydrogen) atoms. The molecule has 4 heteroatoms. The highest BCUT2D eigenvalue weighted by molar-refractivity contribution is 5.96. The topological polar surface area (TPSA) is 31.4 Å². The maximum Gasteiger partial charge on any atom is 0.0726 e. The number of para-hydroxylation sites is 1. The van der Waals surface area contributed by atoms with Crippen LogP contribution >= 0.6 is 0 Å². The number of rotatable bonds is 10. The first-order valence-electron chi connectivity index (χ1n) is 12.9. The Labute approximate surface area is 210 Å². The summed E-state index contributed by atoms with van der Waals surface area (Å²) in [5, 5.41) is 5.05. The quantitative estimate of drug-likeness (QED) is 0.261. The van der Waals surface area contributed by atoms with Crippen molar-refractivity contribution in [2.45, 2.75) is 41.0 Å². The van der Waals surface area contributed by atoms with Crippen LogP contribution in [0.5, 0.6) is 0 Å². The molecule has 0 atom stereocenters. The summed E-state index contributed by atoms with van der Waals surface area (Å²) in [4.78, 5) is 9.89. The van der Waals surface area contributed by atoms with Crippen molar-refractivity contribution in [3.8, 4) is 0 Å². The third-order valence-electron chi connectivity index (χ3n) is 6.92. The van der Waals surface area contributed by atoms with Gasteiger partial charge >= 0.3 is 0 Å². The van der Waals surface area contributed by atoms with E-state index in [2.05, 4.69) is 123 Å². The molecular formula is C31H38N4. The van der Waals surface area contributed by atoms with E-state index in [4.69, 9.17) is 4.98 Å². The predicted molar refractivity (Wildman–Crippen MR) is 153 cm³/mol. The molecule has 0 spiro atoms. The standard InChI is InChI=1S/C31H38N4/c1-6-34(7-2)25-19-20-30(35(8-3)9-4)29(22-25)33-31-23(5)28(21-24-15-11-10-12-16-24)32-27-18-14-13-17-26(27)31/h10-20,22H,6-9,21H2,1-5H3,(H,32,33). The molecule has 182 valence electrons. The molecule has 4 nitrogen and oxygen atoms in total. The number of benzene rings is 3. The van der Waals surface area contributed by atoms with Gasteiger partial charge in [0, 0.05) is 43.7 Å². The lowest BCUT2D eigenvalue weighted by molar-refractivity contribution is 0.857. The Morgan fingerprint density at radius 3 is 2.09 bits per heavy atom. The number of hydrogen-bond acceptors (Lipinski definition) is 4. The summed E-state index contributed by atoms with van der Waals surface area (Å²) >= 11 is 0. The third kappa shape index (κ3) is 5.27. The minimum absolute atomic E-state index is 0.814. The monoisotopic (exact) mass is 466 g/mol. The van der Waals surface area contributed by atoms with Gasteiger partial charge in [0.1, 0.15) is 0 Å². The van der Waals surface area contributed by atoms with Crippen molar-refractivity contribution in [1.82, 2.24) is 4.98 Å². The van der Waals surface area contributed by atoms with Crippen molar-refractivity contribution >= 4 is 33.7 Å². The van der Waals surface area contributed by atoms with Crippen LogP contribution in [0, 0.1) is 6.92 Å². The van der Waals surface area contributed by atoms with Crippen molar-refractivity contribution in [3.05, 3.63) is 89.6 Å². The molecule has 1 heterocycles. The molecule has 1 aromatic heterocycles. The van der Waals surface area contributed by atoms with Gasteiger partial charge in [-0.05, 0) is 70.0 Å². The van der Waals surface area contributed by atoms with Crippen LogP contribution < -0.4 is 15.1 Å². The van der Waals surface area contributed by atoms with E-state index in [9.17, 15) is 0 Å². The molecule has 0 unspecified atom stereocenters. The fourth-order valence-electron chi connectivity index (χ4n) is 4.86. The highest BCUT2D eigenvalue weighted by atomic mass is 15.1. The summed E-state index contributed by atoms with van der Waals surface area (Å²) in [6, 6.07) is 25.9. The molecule has 0 bridgehead atoms. The first-order chi connectivity index (χ1) is 17.1. The Balaban J connectivity index is 1.86. The van der Waals surface area contributed by atoms with Gasteiger partial charge in [-0.1, -0.05) is 48.5 Å². The maximum atomic E-state index is 5.08. The van der Waals surface area contributed by atoms with E-state index in [0.717, 1.165) is 60.6 Å². The summed E-state index contributed by atoms with van der Waals surface area (Å²) in [5.74, 6) is 0. The number of anilines is 4. The third-order valence-corrected chi connectivity index (χ3v) is 6.92. The lowest BCUT2D eigenvalue weighted by atomic mass is 10.0.